The van der Waals surface area contributed by atoms with Gasteiger partial charge in [-0.3, -0.25) is 0 Å². The summed E-state index contributed by atoms with van der Waals surface area (Å²) in [5.41, 5.74) is -0.714. The summed E-state index contributed by atoms with van der Waals surface area (Å²) in [7, 11) is 1.25. The molecule has 1 atom stereocenters. The van der Waals surface area contributed by atoms with Crippen molar-refractivity contribution in [2.24, 2.45) is 0 Å². The van der Waals surface area contributed by atoms with Crippen molar-refractivity contribution in [2.45, 2.75) is 31.5 Å². The molecule has 0 radical (unpaired) electrons. The van der Waals surface area contributed by atoms with Crippen molar-refractivity contribution in [3.05, 3.63) is 28.2 Å². The molecule has 1 unspecified atom stereocenters. The zero-order valence-electron chi connectivity index (χ0n) is 11.4. The van der Waals surface area contributed by atoms with E-state index in [-0.39, 0.29) is 5.69 Å². The monoisotopic (exact) mass is 365 g/mol. The van der Waals surface area contributed by atoms with E-state index in [0.29, 0.717) is 17.4 Å². The summed E-state index contributed by atoms with van der Waals surface area (Å²) in [6.45, 7) is 0.407. The van der Waals surface area contributed by atoms with E-state index >= 15 is 0 Å². The van der Waals surface area contributed by atoms with Gasteiger partial charge in [0.15, 0.2) is 0 Å². The molecular formula is C14H15BrF3NO2. The Hall–Kier alpha value is -1.24. The van der Waals surface area contributed by atoms with E-state index in [1.54, 1.807) is 6.07 Å². The van der Waals surface area contributed by atoms with Crippen LogP contribution in [-0.4, -0.2) is 25.7 Å². The van der Waals surface area contributed by atoms with E-state index in [1.807, 2.05) is 0 Å². The van der Waals surface area contributed by atoms with Crippen molar-refractivity contribution in [3.8, 4) is 0 Å². The Morgan fingerprint density at radius 1 is 1.38 bits per heavy atom. The minimum absolute atomic E-state index is 0.0285. The molecule has 0 saturated carbocycles. The molecule has 21 heavy (non-hydrogen) atoms. The first-order chi connectivity index (χ1) is 9.84. The van der Waals surface area contributed by atoms with Gasteiger partial charge in [0.2, 0.25) is 0 Å². The molecule has 1 fully saturated rings. The number of rotatable bonds is 2. The zero-order valence-corrected chi connectivity index (χ0v) is 13.0. The molecule has 3 nitrogen and oxygen atoms in total. The fourth-order valence-corrected chi connectivity index (χ4v) is 2.95. The van der Waals surface area contributed by atoms with Crippen LogP contribution in [-0.2, 0) is 15.7 Å². The van der Waals surface area contributed by atoms with Crippen molar-refractivity contribution >= 4 is 27.6 Å². The third-order valence-electron chi connectivity index (χ3n) is 3.55. The molecule has 1 aliphatic rings. The molecule has 1 aromatic carbocycles. The normalized spacial score (nSPS) is 19.5. The van der Waals surface area contributed by atoms with Crippen LogP contribution in [0.15, 0.2) is 22.7 Å². The van der Waals surface area contributed by atoms with Crippen LogP contribution in [0.25, 0.3) is 0 Å². The molecule has 2 rings (SSSR count). The van der Waals surface area contributed by atoms with Crippen LogP contribution in [0.5, 0.6) is 0 Å². The maximum atomic E-state index is 13.2. The van der Waals surface area contributed by atoms with Crippen molar-refractivity contribution in [3.63, 3.8) is 0 Å². The van der Waals surface area contributed by atoms with Gasteiger partial charge in [0.25, 0.3) is 0 Å². The van der Waals surface area contributed by atoms with Crippen LogP contribution < -0.4 is 4.90 Å². The minimum Gasteiger partial charge on any atom is -0.467 e. The van der Waals surface area contributed by atoms with Crippen LogP contribution in [0.2, 0.25) is 0 Å². The van der Waals surface area contributed by atoms with E-state index in [0.717, 1.165) is 18.9 Å². The van der Waals surface area contributed by atoms with Gasteiger partial charge in [0.1, 0.15) is 6.04 Å². The fraction of sp³-hybridized carbons (Fsp3) is 0.500. The Balaban J connectivity index is 2.46. The molecule has 0 aliphatic carbocycles. The number of hydrogen-bond donors (Lipinski definition) is 0. The predicted molar refractivity (Wildman–Crippen MR) is 76.1 cm³/mol. The second kappa shape index (κ2) is 6.25. The summed E-state index contributed by atoms with van der Waals surface area (Å²) in [5.74, 6) is -0.495. The first-order valence-electron chi connectivity index (χ1n) is 6.56. The largest absolute Gasteiger partial charge is 0.467 e. The number of nitrogens with zero attached hydrogens (tertiary/aromatic N) is 1. The second-order valence-electron chi connectivity index (χ2n) is 4.89. The van der Waals surface area contributed by atoms with Gasteiger partial charge < -0.3 is 9.64 Å². The summed E-state index contributed by atoms with van der Waals surface area (Å²) in [6, 6.07) is 3.32. The number of benzene rings is 1. The molecule has 1 aromatic rings. The van der Waals surface area contributed by atoms with Crippen LogP contribution in [0.4, 0.5) is 18.9 Å². The van der Waals surface area contributed by atoms with Crippen molar-refractivity contribution in [1.29, 1.82) is 0 Å². The molecule has 7 heteroatoms. The first-order valence-corrected chi connectivity index (χ1v) is 7.35. The number of methoxy groups -OCH3 is 1. The zero-order chi connectivity index (χ0) is 15.6. The number of piperidine rings is 1. The Morgan fingerprint density at radius 3 is 2.71 bits per heavy atom. The number of halogens is 4. The van der Waals surface area contributed by atoms with E-state index in [2.05, 4.69) is 15.9 Å². The second-order valence-corrected chi connectivity index (χ2v) is 5.80. The van der Waals surface area contributed by atoms with Crippen molar-refractivity contribution in [2.75, 3.05) is 18.6 Å². The Labute approximate surface area is 129 Å². The lowest BCUT2D eigenvalue weighted by Gasteiger charge is -2.37. The van der Waals surface area contributed by atoms with Gasteiger partial charge in [-0.05, 0) is 37.5 Å². The quantitative estimate of drug-likeness (QED) is 0.741. The van der Waals surface area contributed by atoms with Crippen molar-refractivity contribution in [1.82, 2.24) is 0 Å². The molecule has 1 heterocycles. The van der Waals surface area contributed by atoms with Gasteiger partial charge in [0.05, 0.1) is 12.7 Å². The molecule has 0 bridgehead atoms. The Morgan fingerprint density at radius 2 is 2.10 bits per heavy atom. The van der Waals surface area contributed by atoms with E-state index in [4.69, 9.17) is 4.74 Å². The highest BCUT2D eigenvalue weighted by Gasteiger charge is 2.38. The van der Waals surface area contributed by atoms with E-state index in [9.17, 15) is 18.0 Å². The molecule has 1 aliphatic heterocycles. The topological polar surface area (TPSA) is 29.5 Å². The van der Waals surface area contributed by atoms with Gasteiger partial charge in [-0.25, -0.2) is 4.79 Å². The predicted octanol–water partition coefficient (Wildman–Crippen LogP) is 4.00. The number of carbonyl (C=O) groups is 1. The number of hydrogen-bond acceptors (Lipinski definition) is 3. The SMILES string of the molecule is COC(=O)C1CCCCN1c1ccc(Br)cc1C(F)(F)F. The standard InChI is InChI=1S/C14H15BrF3NO2/c1-21-13(20)12-4-2-3-7-19(12)11-6-5-9(15)8-10(11)14(16,17)18/h5-6,8,12H,2-4,7H2,1H3. The first kappa shape index (κ1) is 16.1. The summed E-state index contributed by atoms with van der Waals surface area (Å²) in [4.78, 5) is 13.3. The van der Waals surface area contributed by atoms with Crippen LogP contribution in [0.1, 0.15) is 24.8 Å². The van der Waals surface area contributed by atoms with Gasteiger partial charge >= 0.3 is 12.1 Å². The third kappa shape index (κ3) is 3.51. The summed E-state index contributed by atoms with van der Waals surface area (Å²) >= 11 is 3.06. The lowest BCUT2D eigenvalue weighted by Crippen LogP contribution is -2.46. The number of esters is 1. The molecule has 0 aromatic heterocycles. The molecule has 0 N–H and O–H groups in total. The Bertz CT molecular complexity index is 533. The van der Waals surface area contributed by atoms with Crippen LogP contribution >= 0.6 is 15.9 Å². The lowest BCUT2D eigenvalue weighted by atomic mass is 9.99. The number of carbonyl (C=O) groups excluding carboxylic acids is 1. The van der Waals surface area contributed by atoms with E-state index in [1.165, 1.54) is 18.1 Å². The highest BCUT2D eigenvalue weighted by molar-refractivity contribution is 9.10. The number of alkyl halides is 3. The van der Waals surface area contributed by atoms with Gasteiger partial charge in [-0.2, -0.15) is 13.2 Å². The average molecular weight is 366 g/mol. The number of anilines is 1. The van der Waals surface area contributed by atoms with Gasteiger partial charge in [-0.15, -0.1) is 0 Å². The summed E-state index contributed by atoms with van der Waals surface area (Å²) < 4.78 is 44.8. The van der Waals surface area contributed by atoms with Gasteiger partial charge in [0, 0.05) is 16.7 Å². The maximum Gasteiger partial charge on any atom is 0.418 e. The van der Waals surface area contributed by atoms with Crippen molar-refractivity contribution < 1.29 is 22.7 Å². The average Bonchev–Trinajstić information content (AvgIpc) is 2.45. The molecule has 116 valence electrons. The smallest absolute Gasteiger partial charge is 0.418 e. The molecular weight excluding hydrogens is 351 g/mol. The molecule has 0 amide bonds. The summed E-state index contributed by atoms with van der Waals surface area (Å²) in [6.07, 6.45) is -2.42. The van der Waals surface area contributed by atoms with E-state index < -0.39 is 23.8 Å². The summed E-state index contributed by atoms with van der Waals surface area (Å²) in [5, 5.41) is 0. The minimum atomic E-state index is -4.47. The Kier molecular flexibility index (Phi) is 4.81. The highest BCUT2D eigenvalue weighted by Crippen LogP contribution is 2.40. The van der Waals surface area contributed by atoms with Crippen LogP contribution in [0.3, 0.4) is 0 Å². The fourth-order valence-electron chi connectivity index (χ4n) is 2.59. The third-order valence-corrected chi connectivity index (χ3v) is 4.04. The number of ether oxygens (including phenoxy) is 1. The highest BCUT2D eigenvalue weighted by atomic mass is 79.9. The molecule has 1 saturated heterocycles. The van der Waals surface area contributed by atoms with Crippen LogP contribution in [0, 0.1) is 0 Å². The molecule has 0 spiro atoms. The lowest BCUT2D eigenvalue weighted by molar-refractivity contribution is -0.143. The van der Waals surface area contributed by atoms with Gasteiger partial charge in [-0.1, -0.05) is 15.9 Å². The maximum absolute atomic E-state index is 13.2.